The van der Waals surface area contributed by atoms with Gasteiger partial charge in [0.1, 0.15) is 5.75 Å². The Morgan fingerprint density at radius 3 is 2.41 bits per heavy atom. The standard InChI is InChI=1S/C12H13ClO4/c1-8(11(13)12(14)15)9-3-5-10(6-4-9)17-7-16-2/h3-6H,7H2,1-2H3,(H,14,15)/p-1/b11-8-. The van der Waals surface area contributed by atoms with Gasteiger partial charge < -0.3 is 19.4 Å². The summed E-state index contributed by atoms with van der Waals surface area (Å²) in [4.78, 5) is 10.6. The molecule has 0 unspecified atom stereocenters. The Morgan fingerprint density at radius 2 is 1.94 bits per heavy atom. The zero-order valence-electron chi connectivity index (χ0n) is 9.53. The van der Waals surface area contributed by atoms with Crippen LogP contribution in [0.4, 0.5) is 0 Å². The van der Waals surface area contributed by atoms with Gasteiger partial charge in [0, 0.05) is 7.11 Å². The van der Waals surface area contributed by atoms with Crippen molar-refractivity contribution in [2.75, 3.05) is 13.9 Å². The van der Waals surface area contributed by atoms with Gasteiger partial charge in [-0.05, 0) is 30.2 Å². The van der Waals surface area contributed by atoms with Crippen molar-refractivity contribution >= 4 is 23.1 Å². The molecule has 0 aliphatic heterocycles. The van der Waals surface area contributed by atoms with Gasteiger partial charge >= 0.3 is 0 Å². The number of carbonyl (C=O) groups excluding carboxylic acids is 1. The third-order valence-electron chi connectivity index (χ3n) is 2.14. The molecule has 0 aliphatic rings. The Morgan fingerprint density at radius 1 is 1.35 bits per heavy atom. The smallest absolute Gasteiger partial charge is 0.188 e. The van der Waals surface area contributed by atoms with Crippen LogP contribution < -0.4 is 9.84 Å². The number of carboxylic acids is 1. The van der Waals surface area contributed by atoms with Crippen LogP contribution in [0.3, 0.4) is 0 Å². The molecule has 0 fully saturated rings. The molecule has 92 valence electrons. The summed E-state index contributed by atoms with van der Waals surface area (Å²) < 4.78 is 9.95. The molecule has 0 heterocycles. The van der Waals surface area contributed by atoms with Gasteiger partial charge in [0.25, 0.3) is 0 Å². The highest BCUT2D eigenvalue weighted by molar-refractivity contribution is 6.43. The first kappa shape index (κ1) is 13.5. The molecule has 0 bridgehead atoms. The van der Waals surface area contributed by atoms with Crippen molar-refractivity contribution < 1.29 is 19.4 Å². The molecule has 0 aliphatic carbocycles. The second-order valence-corrected chi connectivity index (χ2v) is 3.68. The third-order valence-corrected chi connectivity index (χ3v) is 2.58. The molecule has 0 atom stereocenters. The molecular weight excluding hydrogens is 244 g/mol. The van der Waals surface area contributed by atoms with Crippen molar-refractivity contribution in [2.45, 2.75) is 6.92 Å². The highest BCUT2D eigenvalue weighted by Gasteiger charge is 2.03. The summed E-state index contributed by atoms with van der Waals surface area (Å²) in [6, 6.07) is 6.84. The Labute approximate surface area is 104 Å². The normalized spacial score (nSPS) is 11.9. The van der Waals surface area contributed by atoms with Gasteiger partial charge in [0.2, 0.25) is 0 Å². The molecule has 0 amide bonds. The summed E-state index contributed by atoms with van der Waals surface area (Å²) in [7, 11) is 1.53. The number of carboxylic acid groups (broad SMARTS) is 1. The average molecular weight is 256 g/mol. The SMILES string of the molecule is COCOc1ccc(/C(C)=C(\Cl)C(=O)[O-])cc1. The maximum Gasteiger partial charge on any atom is 0.188 e. The largest absolute Gasteiger partial charge is 0.544 e. The minimum atomic E-state index is -1.39. The number of hydrogen-bond acceptors (Lipinski definition) is 4. The number of aliphatic carboxylic acids is 1. The van der Waals surface area contributed by atoms with Gasteiger partial charge in [0.05, 0.1) is 11.0 Å². The number of allylic oxidation sites excluding steroid dienone is 1. The van der Waals surface area contributed by atoms with Crippen LogP contribution >= 0.6 is 11.6 Å². The monoisotopic (exact) mass is 255 g/mol. The molecule has 17 heavy (non-hydrogen) atoms. The van der Waals surface area contributed by atoms with Gasteiger partial charge in [-0.25, -0.2) is 0 Å². The van der Waals surface area contributed by atoms with E-state index in [1.54, 1.807) is 31.2 Å². The molecule has 0 N–H and O–H groups in total. The number of rotatable bonds is 5. The number of benzene rings is 1. The average Bonchev–Trinajstić information content (AvgIpc) is 2.35. The summed E-state index contributed by atoms with van der Waals surface area (Å²) in [5, 5.41) is 10.3. The predicted octanol–water partition coefficient (Wildman–Crippen LogP) is 1.39. The predicted molar refractivity (Wildman–Crippen MR) is 62.4 cm³/mol. The van der Waals surface area contributed by atoms with Crippen LogP contribution in [0.2, 0.25) is 0 Å². The van der Waals surface area contributed by atoms with E-state index >= 15 is 0 Å². The number of halogens is 1. The fraction of sp³-hybridized carbons (Fsp3) is 0.250. The van der Waals surface area contributed by atoms with Crippen LogP contribution in [0.15, 0.2) is 29.3 Å². The Bertz CT molecular complexity index is 423. The second kappa shape index (κ2) is 6.27. The highest BCUT2D eigenvalue weighted by Crippen LogP contribution is 2.22. The molecule has 5 heteroatoms. The maximum atomic E-state index is 10.6. The zero-order valence-corrected chi connectivity index (χ0v) is 10.3. The summed E-state index contributed by atoms with van der Waals surface area (Å²) in [5.74, 6) is -0.753. The summed E-state index contributed by atoms with van der Waals surface area (Å²) >= 11 is 5.59. The fourth-order valence-corrected chi connectivity index (χ4v) is 1.32. The second-order valence-electron chi connectivity index (χ2n) is 3.30. The first-order chi connectivity index (χ1) is 8.06. The Hall–Kier alpha value is -1.52. The summed E-state index contributed by atoms with van der Waals surface area (Å²) in [5.41, 5.74) is 1.15. The van der Waals surface area contributed by atoms with Crippen LogP contribution in [-0.2, 0) is 9.53 Å². The van der Waals surface area contributed by atoms with E-state index in [-0.39, 0.29) is 11.8 Å². The zero-order chi connectivity index (χ0) is 12.8. The number of carbonyl (C=O) groups is 1. The molecule has 4 nitrogen and oxygen atoms in total. The van der Waals surface area contributed by atoms with Crippen molar-refractivity contribution in [3.05, 3.63) is 34.9 Å². The van der Waals surface area contributed by atoms with E-state index in [0.717, 1.165) is 0 Å². The molecule has 0 saturated carbocycles. The minimum absolute atomic E-state index is 0.161. The van der Waals surface area contributed by atoms with Gasteiger partial charge in [-0.15, -0.1) is 0 Å². The molecule has 1 aromatic carbocycles. The van der Waals surface area contributed by atoms with Gasteiger partial charge in [-0.2, -0.15) is 0 Å². The lowest BCUT2D eigenvalue weighted by atomic mass is 10.1. The molecule has 0 saturated heterocycles. The van der Waals surface area contributed by atoms with Crippen LogP contribution in [0.5, 0.6) is 5.75 Å². The molecular formula is C12H12ClO4-. The van der Waals surface area contributed by atoms with Gasteiger partial charge in [0.15, 0.2) is 6.79 Å². The summed E-state index contributed by atoms with van der Waals surface area (Å²) in [6.07, 6.45) is 0. The lowest BCUT2D eigenvalue weighted by Crippen LogP contribution is -2.22. The van der Waals surface area contributed by atoms with E-state index in [4.69, 9.17) is 21.1 Å². The Balaban J connectivity index is 2.87. The molecule has 0 spiro atoms. The van der Waals surface area contributed by atoms with Crippen LogP contribution in [0.25, 0.3) is 5.57 Å². The lowest BCUT2D eigenvalue weighted by molar-refractivity contribution is -0.298. The summed E-state index contributed by atoms with van der Waals surface area (Å²) in [6.45, 7) is 1.77. The first-order valence-corrected chi connectivity index (χ1v) is 5.24. The van der Waals surface area contributed by atoms with Crippen molar-refractivity contribution in [2.24, 2.45) is 0 Å². The van der Waals surface area contributed by atoms with E-state index in [1.165, 1.54) is 7.11 Å². The fourth-order valence-electron chi connectivity index (χ4n) is 1.21. The number of ether oxygens (including phenoxy) is 2. The number of hydrogen-bond donors (Lipinski definition) is 0. The van der Waals surface area contributed by atoms with Crippen molar-refractivity contribution in [1.29, 1.82) is 0 Å². The van der Waals surface area contributed by atoms with Gasteiger partial charge in [-0.3, -0.25) is 0 Å². The minimum Gasteiger partial charge on any atom is -0.544 e. The quantitative estimate of drug-likeness (QED) is 0.589. The van der Waals surface area contributed by atoms with Crippen LogP contribution in [0.1, 0.15) is 12.5 Å². The van der Waals surface area contributed by atoms with E-state index in [2.05, 4.69) is 0 Å². The number of methoxy groups -OCH3 is 1. The molecule has 0 radical (unpaired) electrons. The topological polar surface area (TPSA) is 58.6 Å². The van der Waals surface area contributed by atoms with Crippen molar-refractivity contribution in [3.8, 4) is 5.75 Å². The van der Waals surface area contributed by atoms with E-state index in [9.17, 15) is 9.90 Å². The first-order valence-electron chi connectivity index (χ1n) is 4.86. The van der Waals surface area contributed by atoms with Crippen LogP contribution in [0, 0.1) is 0 Å². The maximum absolute atomic E-state index is 10.6. The van der Waals surface area contributed by atoms with E-state index in [0.29, 0.717) is 16.9 Å². The van der Waals surface area contributed by atoms with Crippen LogP contribution in [-0.4, -0.2) is 19.9 Å². The van der Waals surface area contributed by atoms with Gasteiger partial charge in [-0.1, -0.05) is 23.7 Å². The third kappa shape index (κ3) is 3.76. The Kier molecular flexibility index (Phi) is 5.00. The van der Waals surface area contributed by atoms with E-state index in [1.807, 2.05) is 0 Å². The van der Waals surface area contributed by atoms with E-state index < -0.39 is 5.97 Å². The van der Waals surface area contributed by atoms with Crippen molar-refractivity contribution in [3.63, 3.8) is 0 Å². The molecule has 1 aromatic rings. The molecule has 0 aromatic heterocycles. The molecule has 1 rings (SSSR count). The highest BCUT2D eigenvalue weighted by atomic mass is 35.5. The van der Waals surface area contributed by atoms with Crippen molar-refractivity contribution in [1.82, 2.24) is 0 Å². The lowest BCUT2D eigenvalue weighted by Gasteiger charge is -2.08.